The van der Waals surface area contributed by atoms with Crippen LogP contribution in [0.25, 0.3) is 0 Å². The highest BCUT2D eigenvalue weighted by Gasteiger charge is 2.21. The quantitative estimate of drug-likeness (QED) is 0.568. The third-order valence-electron chi connectivity index (χ3n) is 2.34. The Morgan fingerprint density at radius 3 is 2.80 bits per heavy atom. The molecule has 1 saturated heterocycles. The molecule has 0 aromatic rings. The Balaban J connectivity index is 2.50. The van der Waals surface area contributed by atoms with Crippen LogP contribution in [0.2, 0.25) is 0 Å². The summed E-state index contributed by atoms with van der Waals surface area (Å²) in [6, 6.07) is 0.789. The van der Waals surface area contributed by atoms with Crippen LogP contribution in [-0.4, -0.2) is 17.5 Å². The van der Waals surface area contributed by atoms with Crippen LogP contribution in [0.5, 0.6) is 0 Å². The van der Waals surface area contributed by atoms with Crippen LogP contribution in [0.3, 0.4) is 0 Å². The van der Waals surface area contributed by atoms with E-state index in [4.69, 9.17) is 0 Å². The van der Waals surface area contributed by atoms with Gasteiger partial charge >= 0.3 is 0 Å². The van der Waals surface area contributed by atoms with Gasteiger partial charge in [0, 0.05) is 18.3 Å². The maximum Gasteiger partial charge on any atom is 0.0284 e. The van der Waals surface area contributed by atoms with E-state index in [1.54, 1.807) is 0 Å². The summed E-state index contributed by atoms with van der Waals surface area (Å²) in [6.45, 7) is 9.55. The lowest BCUT2D eigenvalue weighted by atomic mass is 10.2. The van der Waals surface area contributed by atoms with Gasteiger partial charge in [-0.05, 0) is 26.2 Å². The van der Waals surface area contributed by atoms with E-state index in [9.17, 15) is 0 Å². The molecule has 1 aliphatic heterocycles. The largest absolute Gasteiger partial charge is 0.373 e. The van der Waals surface area contributed by atoms with Gasteiger partial charge in [0.25, 0.3) is 0 Å². The van der Waals surface area contributed by atoms with Gasteiger partial charge < -0.3 is 4.90 Å². The minimum absolute atomic E-state index is 0.789. The van der Waals surface area contributed by atoms with Crippen molar-refractivity contribution in [2.75, 3.05) is 6.54 Å². The molecule has 0 aromatic heterocycles. The second-order valence-electron chi connectivity index (χ2n) is 3.13. The van der Waals surface area contributed by atoms with Crippen molar-refractivity contribution in [1.82, 2.24) is 4.90 Å². The summed E-state index contributed by atoms with van der Waals surface area (Å²) < 4.78 is 0. The van der Waals surface area contributed by atoms with E-state index in [-0.39, 0.29) is 0 Å². The van der Waals surface area contributed by atoms with Crippen LogP contribution in [-0.2, 0) is 0 Å². The first kappa shape index (κ1) is 7.64. The number of nitrogens with zero attached hydrogens (tertiary/aromatic N) is 1. The van der Waals surface area contributed by atoms with Crippen molar-refractivity contribution in [3.63, 3.8) is 0 Å². The first-order chi connectivity index (χ1) is 4.75. The molecular weight excluding hydrogens is 122 g/mol. The molecule has 1 heterocycles. The predicted octanol–water partition coefficient (Wildman–Crippen LogP) is 2.39. The van der Waals surface area contributed by atoms with Crippen LogP contribution in [0.15, 0.2) is 12.3 Å². The molecule has 0 N–H and O–H groups in total. The molecule has 0 radical (unpaired) electrons. The number of rotatable bonds is 2. The second-order valence-corrected chi connectivity index (χ2v) is 3.13. The van der Waals surface area contributed by atoms with E-state index in [2.05, 4.69) is 25.3 Å². The Bertz CT molecular complexity index is 129. The molecule has 1 nitrogen and oxygen atoms in total. The molecule has 0 bridgehead atoms. The highest BCUT2D eigenvalue weighted by molar-refractivity contribution is 4.95. The molecule has 1 rings (SSSR count). The average Bonchev–Trinajstić information content (AvgIpc) is 2.33. The van der Waals surface area contributed by atoms with Crippen molar-refractivity contribution in [3.05, 3.63) is 12.3 Å². The van der Waals surface area contributed by atoms with Crippen molar-refractivity contribution < 1.29 is 0 Å². The Labute approximate surface area is 63.7 Å². The third-order valence-corrected chi connectivity index (χ3v) is 2.34. The fraction of sp³-hybridized carbons (Fsp3) is 0.778. The van der Waals surface area contributed by atoms with Crippen molar-refractivity contribution >= 4 is 0 Å². The zero-order chi connectivity index (χ0) is 7.56. The molecule has 1 heteroatoms. The molecule has 1 aliphatic rings. The Hall–Kier alpha value is -0.460. The third kappa shape index (κ3) is 1.34. The summed E-state index contributed by atoms with van der Waals surface area (Å²) in [7, 11) is 0. The summed E-state index contributed by atoms with van der Waals surface area (Å²) >= 11 is 0. The average molecular weight is 139 g/mol. The van der Waals surface area contributed by atoms with Crippen LogP contribution < -0.4 is 0 Å². The summed E-state index contributed by atoms with van der Waals surface area (Å²) in [5.41, 5.74) is 1.24. The fourth-order valence-electron chi connectivity index (χ4n) is 1.76. The molecule has 1 fully saturated rings. The monoisotopic (exact) mass is 139 g/mol. The van der Waals surface area contributed by atoms with Gasteiger partial charge in [0.2, 0.25) is 0 Å². The first-order valence-corrected chi connectivity index (χ1v) is 4.18. The van der Waals surface area contributed by atoms with E-state index in [0.29, 0.717) is 0 Å². The SMILES string of the molecule is C=C(C)N1CCCC1CC. The van der Waals surface area contributed by atoms with Gasteiger partial charge in [0.1, 0.15) is 0 Å². The Morgan fingerprint density at radius 1 is 1.70 bits per heavy atom. The minimum atomic E-state index is 0.789. The van der Waals surface area contributed by atoms with Gasteiger partial charge in [-0.2, -0.15) is 0 Å². The van der Waals surface area contributed by atoms with Crippen LogP contribution >= 0.6 is 0 Å². The van der Waals surface area contributed by atoms with Crippen molar-refractivity contribution in [3.8, 4) is 0 Å². The van der Waals surface area contributed by atoms with Gasteiger partial charge in [-0.1, -0.05) is 13.5 Å². The maximum atomic E-state index is 3.96. The first-order valence-electron chi connectivity index (χ1n) is 4.18. The summed E-state index contributed by atoms with van der Waals surface area (Å²) in [5, 5.41) is 0. The highest BCUT2D eigenvalue weighted by Crippen LogP contribution is 2.22. The standard InChI is InChI=1S/C9H17N/c1-4-9-6-5-7-10(9)8(2)3/h9H,2,4-7H2,1,3H3. The zero-order valence-electron chi connectivity index (χ0n) is 7.06. The highest BCUT2D eigenvalue weighted by atomic mass is 15.2. The lowest BCUT2D eigenvalue weighted by molar-refractivity contribution is 0.315. The summed E-state index contributed by atoms with van der Waals surface area (Å²) in [4.78, 5) is 2.43. The van der Waals surface area contributed by atoms with Crippen LogP contribution in [0.1, 0.15) is 33.1 Å². The van der Waals surface area contributed by atoms with Crippen LogP contribution in [0, 0.1) is 0 Å². The van der Waals surface area contributed by atoms with E-state index in [1.165, 1.54) is 31.5 Å². The zero-order valence-corrected chi connectivity index (χ0v) is 7.06. The van der Waals surface area contributed by atoms with Crippen molar-refractivity contribution in [2.24, 2.45) is 0 Å². The molecule has 1 atom stereocenters. The van der Waals surface area contributed by atoms with E-state index in [1.807, 2.05) is 0 Å². The molecule has 0 aromatic carbocycles. The maximum absolute atomic E-state index is 3.96. The van der Waals surface area contributed by atoms with Gasteiger partial charge in [-0.3, -0.25) is 0 Å². The number of hydrogen-bond donors (Lipinski definition) is 0. The lowest BCUT2D eigenvalue weighted by Gasteiger charge is -2.25. The minimum Gasteiger partial charge on any atom is -0.373 e. The summed E-state index contributed by atoms with van der Waals surface area (Å²) in [5.74, 6) is 0. The van der Waals surface area contributed by atoms with E-state index < -0.39 is 0 Å². The fourth-order valence-corrected chi connectivity index (χ4v) is 1.76. The van der Waals surface area contributed by atoms with Crippen LogP contribution in [0.4, 0.5) is 0 Å². The molecule has 10 heavy (non-hydrogen) atoms. The van der Waals surface area contributed by atoms with Gasteiger partial charge in [0.05, 0.1) is 0 Å². The topological polar surface area (TPSA) is 3.24 Å². The smallest absolute Gasteiger partial charge is 0.0284 e. The Morgan fingerprint density at radius 2 is 2.40 bits per heavy atom. The lowest BCUT2D eigenvalue weighted by Crippen LogP contribution is -2.26. The molecule has 58 valence electrons. The summed E-state index contributed by atoms with van der Waals surface area (Å²) in [6.07, 6.45) is 3.99. The normalized spacial score (nSPS) is 25.4. The van der Waals surface area contributed by atoms with Gasteiger partial charge in [0.15, 0.2) is 0 Å². The predicted molar refractivity (Wildman–Crippen MR) is 44.8 cm³/mol. The van der Waals surface area contributed by atoms with E-state index >= 15 is 0 Å². The molecule has 0 saturated carbocycles. The molecule has 0 spiro atoms. The number of likely N-dealkylation sites (tertiary alicyclic amines) is 1. The number of allylic oxidation sites excluding steroid dienone is 1. The van der Waals surface area contributed by atoms with E-state index in [0.717, 1.165) is 6.04 Å². The van der Waals surface area contributed by atoms with Gasteiger partial charge in [-0.15, -0.1) is 0 Å². The molecule has 0 aliphatic carbocycles. The van der Waals surface area contributed by atoms with Crippen molar-refractivity contribution in [2.45, 2.75) is 39.2 Å². The molecular formula is C9H17N. The van der Waals surface area contributed by atoms with Gasteiger partial charge in [-0.25, -0.2) is 0 Å². The molecule has 1 unspecified atom stereocenters. The Kier molecular flexibility index (Phi) is 2.36. The van der Waals surface area contributed by atoms with Crippen molar-refractivity contribution in [1.29, 1.82) is 0 Å². The number of hydrogen-bond acceptors (Lipinski definition) is 1. The second kappa shape index (κ2) is 3.09. The molecule has 0 amide bonds.